The summed E-state index contributed by atoms with van der Waals surface area (Å²) < 4.78 is 4.66. The Morgan fingerprint density at radius 2 is 1.94 bits per heavy atom. The lowest BCUT2D eigenvalue weighted by Gasteiger charge is -2.09. The molecule has 0 aliphatic heterocycles. The third-order valence-corrected chi connectivity index (χ3v) is 2.29. The quantitative estimate of drug-likeness (QED) is 0.455. The van der Waals surface area contributed by atoms with E-state index in [9.17, 15) is 9.59 Å². The van der Waals surface area contributed by atoms with Gasteiger partial charge in [0.05, 0.1) is 5.92 Å². The van der Waals surface area contributed by atoms with Gasteiger partial charge in [-0.05, 0) is 18.9 Å². The number of allylic oxidation sites excluding steroid dienone is 1. The monoisotopic (exact) mass is 232 g/mol. The number of benzene rings is 1. The van der Waals surface area contributed by atoms with Gasteiger partial charge in [0.2, 0.25) is 0 Å². The van der Waals surface area contributed by atoms with Gasteiger partial charge in [0, 0.05) is 6.08 Å². The molecule has 0 fully saturated rings. The van der Waals surface area contributed by atoms with Crippen molar-refractivity contribution < 1.29 is 14.3 Å². The molecule has 3 nitrogen and oxygen atoms in total. The summed E-state index contributed by atoms with van der Waals surface area (Å²) in [6.45, 7) is 3.44. The van der Waals surface area contributed by atoms with E-state index in [-0.39, 0.29) is 5.92 Å². The minimum atomic E-state index is -0.614. The van der Waals surface area contributed by atoms with E-state index in [2.05, 4.69) is 4.74 Å². The first-order valence-electron chi connectivity index (χ1n) is 5.55. The van der Waals surface area contributed by atoms with Gasteiger partial charge in [-0.2, -0.15) is 0 Å². The SMILES string of the molecule is CC=CC(=O)OC(=O)C(C)Cc1ccccc1. The molecule has 1 aromatic rings. The van der Waals surface area contributed by atoms with Crippen molar-refractivity contribution in [3.05, 3.63) is 48.0 Å². The second-order valence-electron chi connectivity index (χ2n) is 3.83. The van der Waals surface area contributed by atoms with Gasteiger partial charge in [-0.25, -0.2) is 4.79 Å². The topological polar surface area (TPSA) is 43.4 Å². The molecule has 1 rings (SSSR count). The third-order valence-electron chi connectivity index (χ3n) is 2.29. The van der Waals surface area contributed by atoms with Gasteiger partial charge in [-0.15, -0.1) is 0 Å². The van der Waals surface area contributed by atoms with Crippen LogP contribution in [0.1, 0.15) is 19.4 Å². The molecule has 0 spiro atoms. The summed E-state index contributed by atoms with van der Waals surface area (Å²) in [6.07, 6.45) is 3.34. The number of hydrogen-bond acceptors (Lipinski definition) is 3. The maximum Gasteiger partial charge on any atom is 0.338 e. The molecule has 17 heavy (non-hydrogen) atoms. The lowest BCUT2D eigenvalue weighted by molar-refractivity contribution is -0.159. The maximum absolute atomic E-state index is 11.6. The molecule has 0 aromatic heterocycles. The Morgan fingerprint density at radius 3 is 2.53 bits per heavy atom. The predicted molar refractivity (Wildman–Crippen MR) is 65.2 cm³/mol. The lowest BCUT2D eigenvalue weighted by Crippen LogP contribution is -2.19. The summed E-state index contributed by atoms with van der Waals surface area (Å²) >= 11 is 0. The van der Waals surface area contributed by atoms with Gasteiger partial charge in [0.1, 0.15) is 0 Å². The first-order chi connectivity index (χ1) is 8.13. The number of esters is 2. The smallest absolute Gasteiger partial charge is 0.338 e. The Labute approximate surface area is 101 Å². The van der Waals surface area contributed by atoms with Crippen LogP contribution in [0.3, 0.4) is 0 Å². The molecule has 1 aromatic carbocycles. The van der Waals surface area contributed by atoms with Crippen molar-refractivity contribution in [2.45, 2.75) is 20.3 Å². The molecule has 0 radical (unpaired) electrons. The van der Waals surface area contributed by atoms with Crippen LogP contribution in [-0.4, -0.2) is 11.9 Å². The minimum Gasteiger partial charge on any atom is -0.390 e. The van der Waals surface area contributed by atoms with Crippen molar-refractivity contribution in [2.75, 3.05) is 0 Å². The number of carbonyl (C=O) groups excluding carboxylic acids is 2. The van der Waals surface area contributed by atoms with E-state index in [4.69, 9.17) is 0 Å². The second-order valence-corrected chi connectivity index (χ2v) is 3.83. The van der Waals surface area contributed by atoms with Crippen molar-refractivity contribution in [1.82, 2.24) is 0 Å². The van der Waals surface area contributed by atoms with E-state index in [0.29, 0.717) is 6.42 Å². The summed E-state index contributed by atoms with van der Waals surface area (Å²) in [6, 6.07) is 9.63. The first-order valence-corrected chi connectivity index (χ1v) is 5.55. The van der Waals surface area contributed by atoms with Crippen LogP contribution in [0.5, 0.6) is 0 Å². The van der Waals surface area contributed by atoms with Gasteiger partial charge < -0.3 is 4.74 Å². The second kappa shape index (κ2) is 6.63. The van der Waals surface area contributed by atoms with Crippen LogP contribution in [0.25, 0.3) is 0 Å². The highest BCUT2D eigenvalue weighted by Gasteiger charge is 2.17. The van der Waals surface area contributed by atoms with Crippen LogP contribution in [0.4, 0.5) is 0 Å². The molecule has 3 heteroatoms. The molecule has 0 N–H and O–H groups in total. The Kier molecular flexibility index (Phi) is 5.14. The molecule has 0 heterocycles. The normalized spacial score (nSPS) is 12.4. The fourth-order valence-corrected chi connectivity index (χ4v) is 1.42. The molecule has 0 saturated heterocycles. The van der Waals surface area contributed by atoms with Crippen LogP contribution >= 0.6 is 0 Å². The van der Waals surface area contributed by atoms with Crippen molar-refractivity contribution in [3.8, 4) is 0 Å². The Bertz CT molecular complexity index is 407. The van der Waals surface area contributed by atoms with E-state index in [1.54, 1.807) is 13.8 Å². The van der Waals surface area contributed by atoms with E-state index in [1.165, 1.54) is 12.2 Å². The van der Waals surface area contributed by atoms with Crippen LogP contribution in [0, 0.1) is 5.92 Å². The van der Waals surface area contributed by atoms with Gasteiger partial charge >= 0.3 is 11.9 Å². The van der Waals surface area contributed by atoms with Crippen LogP contribution in [0.15, 0.2) is 42.5 Å². The van der Waals surface area contributed by atoms with Crippen molar-refractivity contribution >= 4 is 11.9 Å². The molecule has 0 aliphatic rings. The zero-order chi connectivity index (χ0) is 12.7. The van der Waals surface area contributed by atoms with E-state index < -0.39 is 11.9 Å². The van der Waals surface area contributed by atoms with Crippen LogP contribution < -0.4 is 0 Å². The van der Waals surface area contributed by atoms with Crippen molar-refractivity contribution in [1.29, 1.82) is 0 Å². The molecule has 90 valence electrons. The van der Waals surface area contributed by atoms with E-state index in [0.717, 1.165) is 5.56 Å². The number of hydrogen-bond donors (Lipinski definition) is 0. The maximum atomic E-state index is 11.6. The van der Waals surface area contributed by atoms with Gasteiger partial charge in [0.15, 0.2) is 0 Å². The highest BCUT2D eigenvalue weighted by atomic mass is 16.6. The molecule has 0 amide bonds. The molecular weight excluding hydrogens is 216 g/mol. The van der Waals surface area contributed by atoms with Crippen molar-refractivity contribution in [3.63, 3.8) is 0 Å². The van der Waals surface area contributed by atoms with Crippen molar-refractivity contribution in [2.24, 2.45) is 5.92 Å². The summed E-state index contributed by atoms with van der Waals surface area (Å²) in [5.74, 6) is -1.43. The van der Waals surface area contributed by atoms with Gasteiger partial charge in [0.25, 0.3) is 0 Å². The fourth-order valence-electron chi connectivity index (χ4n) is 1.42. The Balaban J connectivity index is 2.50. The molecule has 0 aliphatic carbocycles. The minimum absolute atomic E-state index is 0.327. The molecular formula is C14H16O3. The zero-order valence-corrected chi connectivity index (χ0v) is 10.1. The highest BCUT2D eigenvalue weighted by molar-refractivity contribution is 5.92. The summed E-state index contributed by atoms with van der Waals surface area (Å²) in [7, 11) is 0. The predicted octanol–water partition coefficient (Wildman–Crippen LogP) is 2.51. The summed E-state index contributed by atoms with van der Waals surface area (Å²) in [5, 5.41) is 0. The summed E-state index contributed by atoms with van der Waals surface area (Å²) in [4.78, 5) is 22.6. The standard InChI is InChI=1S/C14H16O3/c1-3-7-13(15)17-14(16)11(2)10-12-8-5-4-6-9-12/h3-9,11H,10H2,1-2H3. The molecule has 0 bridgehead atoms. The Morgan fingerprint density at radius 1 is 1.29 bits per heavy atom. The molecule has 0 saturated carbocycles. The number of ether oxygens (including phenoxy) is 1. The van der Waals surface area contributed by atoms with Crippen LogP contribution in [0.2, 0.25) is 0 Å². The average molecular weight is 232 g/mol. The molecule has 1 unspecified atom stereocenters. The summed E-state index contributed by atoms with van der Waals surface area (Å²) in [5.41, 5.74) is 1.05. The lowest BCUT2D eigenvalue weighted by atomic mass is 10.0. The largest absolute Gasteiger partial charge is 0.390 e. The highest BCUT2D eigenvalue weighted by Crippen LogP contribution is 2.09. The fraction of sp³-hybridized carbons (Fsp3) is 0.286. The first kappa shape index (κ1) is 13.2. The number of rotatable bonds is 4. The molecule has 1 atom stereocenters. The van der Waals surface area contributed by atoms with E-state index >= 15 is 0 Å². The van der Waals surface area contributed by atoms with Gasteiger partial charge in [-0.1, -0.05) is 43.3 Å². The average Bonchev–Trinajstić information content (AvgIpc) is 2.30. The third kappa shape index (κ3) is 4.64. The van der Waals surface area contributed by atoms with E-state index in [1.807, 2.05) is 30.3 Å². The zero-order valence-electron chi connectivity index (χ0n) is 10.1. The van der Waals surface area contributed by atoms with Crippen LogP contribution in [-0.2, 0) is 20.7 Å². The number of carbonyl (C=O) groups is 2. The Hall–Kier alpha value is -1.90. The van der Waals surface area contributed by atoms with Gasteiger partial charge in [-0.3, -0.25) is 4.79 Å².